The van der Waals surface area contributed by atoms with Gasteiger partial charge in [-0.3, -0.25) is 0 Å². The Bertz CT molecular complexity index is 487. The monoisotopic (exact) mass is 306 g/mol. The zero-order valence-corrected chi connectivity index (χ0v) is 15.0. The van der Waals surface area contributed by atoms with Gasteiger partial charge in [0.2, 0.25) is 0 Å². The minimum absolute atomic E-state index is 0.212. The van der Waals surface area contributed by atoms with E-state index in [9.17, 15) is 0 Å². The van der Waals surface area contributed by atoms with Crippen LogP contribution in [0.3, 0.4) is 0 Å². The molecule has 0 aliphatic rings. The number of hydrogen-bond donors (Lipinski definition) is 1. The summed E-state index contributed by atoms with van der Waals surface area (Å²) >= 11 is 0. The van der Waals surface area contributed by atoms with E-state index in [2.05, 4.69) is 58.6 Å². The standard InChI is InChI=1S/C19H31NO2/c1-8-11-22-16-10-9-15(12-17(16)21-7)13-20-19(5,6)14-18(2,3)4/h8-10,12,20H,1,11,13-14H2,2-7H3/p+1. The third-order valence-corrected chi connectivity index (χ3v) is 3.46. The average Bonchev–Trinajstić information content (AvgIpc) is 2.40. The summed E-state index contributed by atoms with van der Waals surface area (Å²) in [4.78, 5) is 0. The average molecular weight is 306 g/mol. The topological polar surface area (TPSA) is 35.1 Å². The van der Waals surface area contributed by atoms with E-state index in [1.54, 1.807) is 13.2 Å². The van der Waals surface area contributed by atoms with Crippen LogP contribution in [-0.2, 0) is 6.54 Å². The fraction of sp³-hybridized carbons (Fsp3) is 0.579. The first-order valence-electron chi connectivity index (χ1n) is 7.92. The van der Waals surface area contributed by atoms with E-state index >= 15 is 0 Å². The largest absolute Gasteiger partial charge is 0.493 e. The van der Waals surface area contributed by atoms with Crippen LogP contribution in [0.1, 0.15) is 46.6 Å². The van der Waals surface area contributed by atoms with Crippen molar-refractivity contribution in [2.45, 2.75) is 53.1 Å². The first-order valence-corrected chi connectivity index (χ1v) is 7.92. The molecule has 2 N–H and O–H groups in total. The Balaban J connectivity index is 2.72. The molecule has 1 aromatic rings. The molecule has 0 amide bonds. The third kappa shape index (κ3) is 6.52. The Morgan fingerprint density at radius 1 is 1.14 bits per heavy atom. The summed E-state index contributed by atoms with van der Waals surface area (Å²) in [6.07, 6.45) is 2.90. The Hall–Kier alpha value is -1.48. The second kappa shape index (κ2) is 7.68. The number of hydrogen-bond acceptors (Lipinski definition) is 2. The molecule has 0 aliphatic carbocycles. The Labute approximate surface area is 135 Å². The number of nitrogens with two attached hydrogens (primary N) is 1. The molecular formula is C19H32NO2+. The van der Waals surface area contributed by atoms with E-state index < -0.39 is 0 Å². The van der Waals surface area contributed by atoms with Crippen molar-refractivity contribution >= 4 is 0 Å². The van der Waals surface area contributed by atoms with E-state index in [1.165, 1.54) is 5.56 Å². The van der Waals surface area contributed by atoms with Gasteiger partial charge in [0.1, 0.15) is 13.2 Å². The molecule has 0 aromatic heterocycles. The molecule has 3 nitrogen and oxygen atoms in total. The Morgan fingerprint density at radius 2 is 1.82 bits per heavy atom. The molecule has 0 bridgehead atoms. The van der Waals surface area contributed by atoms with Gasteiger partial charge in [-0.2, -0.15) is 0 Å². The van der Waals surface area contributed by atoms with Crippen molar-refractivity contribution in [3.63, 3.8) is 0 Å². The summed E-state index contributed by atoms with van der Waals surface area (Å²) in [7, 11) is 1.67. The lowest BCUT2D eigenvalue weighted by molar-refractivity contribution is -0.737. The second-order valence-electron chi connectivity index (χ2n) is 7.72. The number of benzene rings is 1. The molecular weight excluding hydrogens is 274 g/mol. The second-order valence-corrected chi connectivity index (χ2v) is 7.72. The molecule has 0 unspecified atom stereocenters. The third-order valence-electron chi connectivity index (χ3n) is 3.46. The van der Waals surface area contributed by atoms with Crippen LogP contribution in [0.5, 0.6) is 11.5 Å². The van der Waals surface area contributed by atoms with Crippen molar-refractivity contribution in [3.05, 3.63) is 36.4 Å². The highest BCUT2D eigenvalue weighted by Crippen LogP contribution is 2.28. The predicted molar refractivity (Wildman–Crippen MR) is 92.5 cm³/mol. The van der Waals surface area contributed by atoms with Gasteiger partial charge in [-0.15, -0.1) is 0 Å². The Morgan fingerprint density at radius 3 is 2.36 bits per heavy atom. The molecule has 0 heterocycles. The lowest BCUT2D eigenvalue weighted by Gasteiger charge is -2.30. The molecule has 0 atom stereocenters. The minimum Gasteiger partial charge on any atom is -0.493 e. The SMILES string of the molecule is C=CCOc1ccc(C[NH2+]C(C)(C)CC(C)(C)C)cc1OC. The van der Waals surface area contributed by atoms with E-state index in [0.717, 1.165) is 24.5 Å². The highest BCUT2D eigenvalue weighted by Gasteiger charge is 2.28. The van der Waals surface area contributed by atoms with Gasteiger partial charge in [0.25, 0.3) is 0 Å². The van der Waals surface area contributed by atoms with Crippen LogP contribution in [-0.4, -0.2) is 19.3 Å². The van der Waals surface area contributed by atoms with Gasteiger partial charge < -0.3 is 14.8 Å². The van der Waals surface area contributed by atoms with Gasteiger partial charge in [-0.1, -0.05) is 33.4 Å². The summed E-state index contributed by atoms with van der Waals surface area (Å²) in [6, 6.07) is 6.13. The lowest BCUT2D eigenvalue weighted by atomic mass is 9.82. The number of methoxy groups -OCH3 is 1. The quantitative estimate of drug-likeness (QED) is 0.746. The van der Waals surface area contributed by atoms with Crippen LogP contribution < -0.4 is 14.8 Å². The van der Waals surface area contributed by atoms with E-state index in [4.69, 9.17) is 9.47 Å². The molecule has 0 aliphatic heterocycles. The molecule has 0 saturated heterocycles. The molecule has 3 heteroatoms. The first-order chi connectivity index (χ1) is 10.2. The number of rotatable bonds is 8. The lowest BCUT2D eigenvalue weighted by Crippen LogP contribution is -2.94. The van der Waals surface area contributed by atoms with Crippen LogP contribution in [0.2, 0.25) is 0 Å². The summed E-state index contributed by atoms with van der Waals surface area (Å²) < 4.78 is 11.0. The van der Waals surface area contributed by atoms with E-state index in [1.807, 2.05) is 6.07 Å². The molecule has 0 fully saturated rings. The molecule has 0 spiro atoms. The fourth-order valence-electron chi connectivity index (χ4n) is 2.94. The van der Waals surface area contributed by atoms with Crippen LogP contribution in [0.25, 0.3) is 0 Å². The molecule has 22 heavy (non-hydrogen) atoms. The maximum atomic E-state index is 5.59. The van der Waals surface area contributed by atoms with Gasteiger partial charge in [0.05, 0.1) is 12.6 Å². The van der Waals surface area contributed by atoms with Gasteiger partial charge in [-0.25, -0.2) is 0 Å². The van der Waals surface area contributed by atoms with E-state index in [0.29, 0.717) is 12.0 Å². The molecule has 0 saturated carbocycles. The Kier molecular flexibility index (Phi) is 6.48. The fourth-order valence-corrected chi connectivity index (χ4v) is 2.94. The normalized spacial score (nSPS) is 12.1. The minimum atomic E-state index is 0.212. The first kappa shape index (κ1) is 18.6. The zero-order valence-electron chi connectivity index (χ0n) is 15.0. The van der Waals surface area contributed by atoms with Crippen molar-refractivity contribution in [1.82, 2.24) is 0 Å². The molecule has 1 aromatic carbocycles. The summed E-state index contributed by atoms with van der Waals surface area (Å²) in [5.41, 5.74) is 1.79. The van der Waals surface area contributed by atoms with Gasteiger partial charge in [0.15, 0.2) is 11.5 Å². The zero-order chi connectivity index (χ0) is 16.8. The van der Waals surface area contributed by atoms with Gasteiger partial charge in [0, 0.05) is 12.0 Å². The maximum absolute atomic E-state index is 5.59. The van der Waals surface area contributed by atoms with Gasteiger partial charge >= 0.3 is 0 Å². The summed E-state index contributed by atoms with van der Waals surface area (Å²) in [5.74, 6) is 1.54. The molecule has 0 radical (unpaired) electrons. The predicted octanol–water partition coefficient (Wildman–Crippen LogP) is 3.54. The van der Waals surface area contributed by atoms with Crippen LogP contribution in [0.4, 0.5) is 0 Å². The highest BCUT2D eigenvalue weighted by atomic mass is 16.5. The van der Waals surface area contributed by atoms with Crippen molar-refractivity contribution in [3.8, 4) is 11.5 Å². The number of ether oxygens (including phenoxy) is 2. The van der Waals surface area contributed by atoms with E-state index in [-0.39, 0.29) is 5.54 Å². The van der Waals surface area contributed by atoms with Crippen molar-refractivity contribution in [2.75, 3.05) is 13.7 Å². The van der Waals surface area contributed by atoms with Crippen molar-refractivity contribution in [2.24, 2.45) is 5.41 Å². The number of quaternary nitrogens is 1. The molecule has 124 valence electrons. The summed E-state index contributed by atoms with van der Waals surface area (Å²) in [5, 5.41) is 2.40. The van der Waals surface area contributed by atoms with Gasteiger partial charge in [-0.05, 0) is 37.5 Å². The van der Waals surface area contributed by atoms with Crippen molar-refractivity contribution < 1.29 is 14.8 Å². The van der Waals surface area contributed by atoms with Crippen molar-refractivity contribution in [1.29, 1.82) is 0 Å². The maximum Gasteiger partial charge on any atom is 0.161 e. The van der Waals surface area contributed by atoms with Crippen LogP contribution >= 0.6 is 0 Å². The summed E-state index contributed by atoms with van der Waals surface area (Å²) in [6.45, 7) is 16.6. The van der Waals surface area contributed by atoms with Crippen LogP contribution in [0.15, 0.2) is 30.9 Å². The smallest absolute Gasteiger partial charge is 0.161 e. The van der Waals surface area contributed by atoms with Crippen LogP contribution in [0, 0.1) is 5.41 Å². The highest BCUT2D eigenvalue weighted by molar-refractivity contribution is 5.42. The molecule has 1 rings (SSSR count).